The zero-order chi connectivity index (χ0) is 17.8. The van der Waals surface area contributed by atoms with Gasteiger partial charge in [-0.15, -0.1) is 0 Å². The second-order valence-corrected chi connectivity index (χ2v) is 5.30. The van der Waals surface area contributed by atoms with Crippen LogP contribution in [0.2, 0.25) is 0 Å². The number of aliphatic hydroxyl groups is 1. The van der Waals surface area contributed by atoms with Crippen LogP contribution in [0.3, 0.4) is 0 Å². The SMILES string of the molecule is O=c1cc(CO)oc([C@H](Nc2ccccn2)c2ccccc2O)c1O. The van der Waals surface area contributed by atoms with Crippen molar-refractivity contribution in [2.24, 2.45) is 0 Å². The first-order valence-corrected chi connectivity index (χ1v) is 7.52. The van der Waals surface area contributed by atoms with Crippen LogP contribution in [0.25, 0.3) is 0 Å². The Morgan fingerprint density at radius 3 is 2.56 bits per heavy atom. The van der Waals surface area contributed by atoms with Crippen LogP contribution in [-0.4, -0.2) is 20.3 Å². The minimum atomic E-state index is -0.893. The summed E-state index contributed by atoms with van der Waals surface area (Å²) in [4.78, 5) is 16.1. The van der Waals surface area contributed by atoms with E-state index in [-0.39, 0.29) is 17.3 Å². The van der Waals surface area contributed by atoms with Gasteiger partial charge in [0.1, 0.15) is 30.0 Å². The molecule has 2 heterocycles. The highest BCUT2D eigenvalue weighted by Crippen LogP contribution is 2.35. The average Bonchev–Trinajstić information content (AvgIpc) is 2.63. The maximum atomic E-state index is 12.0. The highest BCUT2D eigenvalue weighted by molar-refractivity contribution is 5.49. The van der Waals surface area contributed by atoms with Crippen molar-refractivity contribution in [1.29, 1.82) is 0 Å². The number of aromatic nitrogens is 1. The first-order valence-electron chi connectivity index (χ1n) is 7.52. The van der Waals surface area contributed by atoms with Crippen molar-refractivity contribution in [3.05, 3.63) is 82.0 Å². The van der Waals surface area contributed by atoms with Crippen molar-refractivity contribution >= 4 is 5.82 Å². The lowest BCUT2D eigenvalue weighted by Crippen LogP contribution is -2.17. The standard InChI is InChI=1S/C18H16N2O5/c21-10-11-9-14(23)17(24)18(25-11)16(12-5-1-2-6-13(12)22)20-15-7-3-4-8-19-15/h1-9,16,21-22,24H,10H2,(H,19,20)/t16-/m1/s1. The van der Waals surface area contributed by atoms with E-state index < -0.39 is 23.8 Å². The van der Waals surface area contributed by atoms with E-state index in [2.05, 4.69) is 10.3 Å². The number of para-hydroxylation sites is 1. The fraction of sp³-hybridized carbons (Fsp3) is 0.111. The molecule has 0 saturated carbocycles. The van der Waals surface area contributed by atoms with E-state index in [0.29, 0.717) is 11.4 Å². The fourth-order valence-electron chi connectivity index (χ4n) is 2.44. The van der Waals surface area contributed by atoms with Crippen LogP contribution in [0.15, 0.2) is 63.9 Å². The predicted octanol–water partition coefficient (Wildman–Crippen LogP) is 2.14. The predicted molar refractivity (Wildman–Crippen MR) is 90.4 cm³/mol. The number of aromatic hydroxyl groups is 2. The molecule has 1 atom stereocenters. The molecule has 3 rings (SSSR count). The second kappa shape index (κ2) is 7.06. The fourth-order valence-corrected chi connectivity index (χ4v) is 2.44. The number of pyridine rings is 1. The molecule has 128 valence electrons. The van der Waals surface area contributed by atoms with E-state index >= 15 is 0 Å². The lowest BCUT2D eigenvalue weighted by molar-refractivity contribution is 0.234. The Balaban J connectivity index is 2.16. The van der Waals surface area contributed by atoms with Crippen molar-refractivity contribution < 1.29 is 19.7 Å². The molecular formula is C18H16N2O5. The number of rotatable bonds is 5. The van der Waals surface area contributed by atoms with Gasteiger partial charge in [0.25, 0.3) is 0 Å². The van der Waals surface area contributed by atoms with E-state index in [1.165, 1.54) is 6.07 Å². The highest BCUT2D eigenvalue weighted by atomic mass is 16.4. The van der Waals surface area contributed by atoms with Crippen molar-refractivity contribution in [2.75, 3.05) is 5.32 Å². The van der Waals surface area contributed by atoms with Gasteiger partial charge in [0.15, 0.2) is 5.76 Å². The van der Waals surface area contributed by atoms with Gasteiger partial charge in [-0.25, -0.2) is 4.98 Å². The summed E-state index contributed by atoms with van der Waals surface area (Å²) < 4.78 is 5.48. The normalized spacial score (nSPS) is 11.9. The second-order valence-electron chi connectivity index (χ2n) is 5.30. The lowest BCUT2D eigenvalue weighted by Gasteiger charge is -2.21. The minimum absolute atomic E-state index is 0.000965. The van der Waals surface area contributed by atoms with Gasteiger partial charge in [-0.1, -0.05) is 24.3 Å². The van der Waals surface area contributed by atoms with Gasteiger partial charge in [-0.3, -0.25) is 4.79 Å². The molecule has 3 aromatic rings. The van der Waals surface area contributed by atoms with Gasteiger partial charge in [0.2, 0.25) is 11.2 Å². The molecule has 0 bridgehead atoms. The molecule has 7 nitrogen and oxygen atoms in total. The van der Waals surface area contributed by atoms with Crippen molar-refractivity contribution in [3.8, 4) is 11.5 Å². The molecule has 25 heavy (non-hydrogen) atoms. The topological polar surface area (TPSA) is 116 Å². The number of benzene rings is 1. The summed E-state index contributed by atoms with van der Waals surface area (Å²) in [6, 6.07) is 11.8. The number of nitrogens with zero attached hydrogens (tertiary/aromatic N) is 1. The van der Waals surface area contributed by atoms with Gasteiger partial charge in [0.05, 0.1) is 0 Å². The largest absolute Gasteiger partial charge is 0.508 e. The molecule has 1 aromatic carbocycles. The maximum absolute atomic E-state index is 12.0. The van der Waals surface area contributed by atoms with Crippen LogP contribution < -0.4 is 10.7 Å². The van der Waals surface area contributed by atoms with Crippen LogP contribution in [0.5, 0.6) is 11.5 Å². The smallest absolute Gasteiger partial charge is 0.227 e. The van der Waals surface area contributed by atoms with Crippen molar-refractivity contribution in [3.63, 3.8) is 0 Å². The maximum Gasteiger partial charge on any atom is 0.227 e. The molecule has 7 heteroatoms. The molecule has 0 amide bonds. The third kappa shape index (κ3) is 3.46. The molecule has 2 aromatic heterocycles. The van der Waals surface area contributed by atoms with Crippen LogP contribution in [0, 0.1) is 0 Å². The Morgan fingerprint density at radius 1 is 1.12 bits per heavy atom. The number of nitrogens with one attached hydrogen (secondary N) is 1. The zero-order valence-corrected chi connectivity index (χ0v) is 13.1. The Morgan fingerprint density at radius 2 is 1.88 bits per heavy atom. The molecule has 4 N–H and O–H groups in total. The van der Waals surface area contributed by atoms with Gasteiger partial charge in [-0.2, -0.15) is 0 Å². The summed E-state index contributed by atoms with van der Waals surface area (Å²) in [5.41, 5.74) is -0.310. The van der Waals surface area contributed by atoms with E-state index in [0.717, 1.165) is 6.07 Å². The van der Waals surface area contributed by atoms with Gasteiger partial charge in [0, 0.05) is 17.8 Å². The molecule has 0 spiro atoms. The molecule has 0 saturated heterocycles. The minimum Gasteiger partial charge on any atom is -0.508 e. The van der Waals surface area contributed by atoms with E-state index in [1.807, 2.05) is 0 Å². The summed E-state index contributed by atoms with van der Waals surface area (Å²) in [5, 5.41) is 32.7. The van der Waals surface area contributed by atoms with Gasteiger partial charge in [-0.05, 0) is 18.2 Å². The Labute approximate surface area is 142 Å². The van der Waals surface area contributed by atoms with Crippen LogP contribution in [0.1, 0.15) is 23.1 Å². The molecule has 0 radical (unpaired) electrons. The van der Waals surface area contributed by atoms with E-state index in [1.54, 1.807) is 42.6 Å². The first kappa shape index (κ1) is 16.5. The number of anilines is 1. The number of hydrogen-bond donors (Lipinski definition) is 4. The highest BCUT2D eigenvalue weighted by Gasteiger charge is 2.26. The van der Waals surface area contributed by atoms with Crippen LogP contribution >= 0.6 is 0 Å². The average molecular weight is 340 g/mol. The first-order chi connectivity index (χ1) is 12.1. The third-order valence-electron chi connectivity index (χ3n) is 3.62. The van der Waals surface area contributed by atoms with Crippen LogP contribution in [0.4, 0.5) is 5.82 Å². The Bertz CT molecular complexity index is 924. The quantitative estimate of drug-likeness (QED) is 0.562. The Hall–Kier alpha value is -3.32. The number of hydrogen-bond acceptors (Lipinski definition) is 7. The molecular weight excluding hydrogens is 324 g/mol. The summed E-state index contributed by atoms with van der Waals surface area (Å²) >= 11 is 0. The molecule has 0 aliphatic heterocycles. The van der Waals surface area contributed by atoms with E-state index in [4.69, 9.17) is 4.42 Å². The number of phenols is 1. The van der Waals surface area contributed by atoms with E-state index in [9.17, 15) is 20.1 Å². The summed E-state index contributed by atoms with van der Waals surface area (Å²) in [5.74, 6) is -0.321. The number of phenolic OH excluding ortho intramolecular Hbond substituents is 1. The van der Waals surface area contributed by atoms with Crippen molar-refractivity contribution in [2.45, 2.75) is 12.6 Å². The molecule has 0 aliphatic rings. The monoisotopic (exact) mass is 340 g/mol. The molecule has 0 aliphatic carbocycles. The van der Waals surface area contributed by atoms with Gasteiger partial charge < -0.3 is 25.1 Å². The summed E-state index contributed by atoms with van der Waals surface area (Å²) in [6.07, 6.45) is 1.57. The van der Waals surface area contributed by atoms with Crippen molar-refractivity contribution in [1.82, 2.24) is 4.98 Å². The summed E-state index contributed by atoms with van der Waals surface area (Å²) in [7, 11) is 0. The van der Waals surface area contributed by atoms with Crippen LogP contribution in [-0.2, 0) is 6.61 Å². The third-order valence-corrected chi connectivity index (χ3v) is 3.62. The Kier molecular flexibility index (Phi) is 4.67. The number of aliphatic hydroxyl groups excluding tert-OH is 1. The van der Waals surface area contributed by atoms with Gasteiger partial charge >= 0.3 is 0 Å². The lowest BCUT2D eigenvalue weighted by atomic mass is 10.0. The zero-order valence-electron chi connectivity index (χ0n) is 13.1. The summed E-state index contributed by atoms with van der Waals surface area (Å²) in [6.45, 7) is -0.500. The molecule has 0 unspecified atom stereocenters. The molecule has 0 fully saturated rings.